The first-order valence-corrected chi connectivity index (χ1v) is 10.7. The van der Waals surface area contributed by atoms with Gasteiger partial charge < -0.3 is 14.7 Å². The molecule has 0 aromatic heterocycles. The molecule has 3 amide bonds. The second kappa shape index (κ2) is 10.0. The smallest absolute Gasteiger partial charge is 0.337 e. The van der Waals surface area contributed by atoms with Gasteiger partial charge in [-0.3, -0.25) is 9.63 Å². The predicted molar refractivity (Wildman–Crippen MR) is 120 cm³/mol. The number of amides is 3. The summed E-state index contributed by atoms with van der Waals surface area (Å²) in [7, 11) is 1.39. The number of carbonyl (C=O) groups excluding carboxylic acids is 2. The van der Waals surface area contributed by atoms with Crippen molar-refractivity contribution in [2.45, 2.75) is 6.42 Å². The van der Waals surface area contributed by atoms with Crippen molar-refractivity contribution in [1.82, 2.24) is 15.3 Å². The molecule has 0 atom stereocenters. The Morgan fingerprint density at radius 2 is 1.91 bits per heavy atom. The molecule has 0 spiro atoms. The van der Waals surface area contributed by atoms with Gasteiger partial charge in [0.2, 0.25) is 5.91 Å². The summed E-state index contributed by atoms with van der Waals surface area (Å²) in [6, 6.07) is 11.2. The fourth-order valence-electron chi connectivity index (χ4n) is 3.80. The van der Waals surface area contributed by atoms with Crippen LogP contribution in [-0.4, -0.2) is 61.6 Å². The van der Waals surface area contributed by atoms with Crippen molar-refractivity contribution in [3.8, 4) is 16.9 Å². The monoisotopic (exact) mass is 457 g/mol. The molecule has 4 rings (SSSR count). The normalized spacial score (nSPS) is 15.9. The highest BCUT2D eigenvalue weighted by Crippen LogP contribution is 2.36. The Balaban J connectivity index is 1.49. The van der Waals surface area contributed by atoms with Crippen LogP contribution < -0.4 is 10.4 Å². The molecule has 0 bridgehead atoms. The van der Waals surface area contributed by atoms with E-state index in [4.69, 9.17) is 21.4 Å². The van der Waals surface area contributed by atoms with Crippen LogP contribution in [0.2, 0.25) is 5.02 Å². The molecule has 2 aliphatic rings. The molecular weight excluding hydrogens is 434 g/mol. The lowest BCUT2D eigenvalue weighted by Crippen LogP contribution is -2.52. The van der Waals surface area contributed by atoms with Crippen molar-refractivity contribution < 1.29 is 24.2 Å². The number of carbonyl (C=O) groups is 2. The van der Waals surface area contributed by atoms with Gasteiger partial charge in [-0.1, -0.05) is 29.8 Å². The summed E-state index contributed by atoms with van der Waals surface area (Å²) < 4.78 is 0. The van der Waals surface area contributed by atoms with E-state index in [0.29, 0.717) is 43.6 Å². The maximum atomic E-state index is 12.7. The highest BCUT2D eigenvalue weighted by molar-refractivity contribution is 6.33. The zero-order valence-electron chi connectivity index (χ0n) is 17.7. The van der Waals surface area contributed by atoms with Crippen LogP contribution in [-0.2, 0) is 20.9 Å². The fourth-order valence-corrected chi connectivity index (χ4v) is 4.09. The van der Waals surface area contributed by atoms with Crippen LogP contribution in [0.25, 0.3) is 17.2 Å². The van der Waals surface area contributed by atoms with Crippen LogP contribution in [0, 0.1) is 0 Å². The molecule has 1 N–H and O–H groups in total. The van der Waals surface area contributed by atoms with E-state index in [2.05, 4.69) is 10.3 Å². The topological polar surface area (TPSA) is 80.3 Å². The average Bonchev–Trinajstić information content (AvgIpc) is 2.82. The maximum absolute atomic E-state index is 12.7. The number of nitrogens with zero attached hydrogens (tertiary/aromatic N) is 2. The molecule has 32 heavy (non-hydrogen) atoms. The summed E-state index contributed by atoms with van der Waals surface area (Å²) in [6.45, 7) is 2.29. The van der Waals surface area contributed by atoms with Crippen molar-refractivity contribution in [1.29, 1.82) is 0 Å². The summed E-state index contributed by atoms with van der Waals surface area (Å²) in [5.41, 5.74) is 5.99. The highest BCUT2D eigenvalue weighted by atomic mass is 35.5. The molecule has 168 valence electrons. The molecule has 9 heteroatoms. The first-order chi connectivity index (χ1) is 15.6. The van der Waals surface area contributed by atoms with Gasteiger partial charge in [-0.15, -0.1) is 0 Å². The summed E-state index contributed by atoms with van der Waals surface area (Å²) in [4.78, 5) is 42.8. The van der Waals surface area contributed by atoms with Crippen LogP contribution in [0.1, 0.15) is 11.1 Å². The van der Waals surface area contributed by atoms with Gasteiger partial charge in [0.05, 0.1) is 13.7 Å². The number of fused-ring (bicyclic) bond motifs is 1. The van der Waals surface area contributed by atoms with Crippen LogP contribution >= 0.6 is 11.6 Å². The Kier molecular flexibility index (Phi) is 6.94. The minimum Gasteiger partial charge on any atom is -0.337 e. The van der Waals surface area contributed by atoms with E-state index < -0.39 is 0 Å². The number of benzene rings is 2. The number of rotatable bonds is 4. The second-order valence-corrected chi connectivity index (χ2v) is 7.85. The third-order valence-corrected chi connectivity index (χ3v) is 5.79. The summed E-state index contributed by atoms with van der Waals surface area (Å²) in [6.07, 6.45) is 4.09. The lowest BCUT2D eigenvalue weighted by molar-refractivity contribution is -0.215. The number of halogens is 1. The van der Waals surface area contributed by atoms with E-state index >= 15 is 0 Å². The Morgan fingerprint density at radius 3 is 2.69 bits per heavy atom. The number of piperazine rings is 1. The molecule has 2 aromatic carbocycles. The van der Waals surface area contributed by atoms with Crippen LogP contribution in [0.3, 0.4) is 0 Å². The zero-order valence-corrected chi connectivity index (χ0v) is 18.4. The summed E-state index contributed by atoms with van der Waals surface area (Å²) in [5.74, 6) is 0.594. The standard InChI is InChI=1S/C23H24ClN3O5/c1-30-25-23(29)27-12-10-26(11-13-27)21(28)8-6-16-3-2-4-19(24)22(16)18-5-7-20-17(15-18)9-14-31-32-20/h2-8,15H,9-14H2,1H3,(H,25,29)/b8-6+. The minimum absolute atomic E-state index is 0.112. The Morgan fingerprint density at radius 1 is 1.12 bits per heavy atom. The van der Waals surface area contributed by atoms with Crippen LogP contribution in [0.5, 0.6) is 5.75 Å². The quantitative estimate of drug-likeness (QED) is 0.433. The van der Waals surface area contributed by atoms with Gasteiger partial charge in [0.15, 0.2) is 5.75 Å². The molecule has 1 fully saturated rings. The van der Waals surface area contributed by atoms with E-state index in [-0.39, 0.29) is 11.9 Å². The largest absolute Gasteiger partial charge is 0.341 e. The van der Waals surface area contributed by atoms with Gasteiger partial charge in [0.25, 0.3) is 0 Å². The maximum Gasteiger partial charge on any atom is 0.341 e. The van der Waals surface area contributed by atoms with Crippen LogP contribution in [0.4, 0.5) is 4.79 Å². The molecule has 8 nitrogen and oxygen atoms in total. The third-order valence-electron chi connectivity index (χ3n) is 5.47. The number of urea groups is 1. The molecule has 2 aromatic rings. The number of nitrogens with one attached hydrogen (secondary N) is 1. The van der Waals surface area contributed by atoms with E-state index in [0.717, 1.165) is 28.7 Å². The van der Waals surface area contributed by atoms with Crippen molar-refractivity contribution >= 4 is 29.6 Å². The van der Waals surface area contributed by atoms with E-state index in [1.807, 2.05) is 36.4 Å². The molecule has 0 saturated carbocycles. The second-order valence-electron chi connectivity index (χ2n) is 7.44. The summed E-state index contributed by atoms with van der Waals surface area (Å²) in [5, 5.41) is 0.602. The van der Waals surface area contributed by atoms with Gasteiger partial charge in [0.1, 0.15) is 0 Å². The molecule has 2 aliphatic heterocycles. The SMILES string of the molecule is CONC(=O)N1CCN(C(=O)/C=C/c2cccc(Cl)c2-c2ccc3c(c2)CCOO3)CC1. The number of hydroxylamine groups is 1. The molecular formula is C23H24ClN3O5. The Hall–Kier alpha value is -3.07. The molecule has 0 unspecified atom stereocenters. The lowest BCUT2D eigenvalue weighted by atomic mass is 9.96. The molecule has 0 aliphatic carbocycles. The van der Waals surface area contributed by atoms with Gasteiger partial charge in [-0.05, 0) is 35.4 Å². The van der Waals surface area contributed by atoms with Crippen molar-refractivity contribution in [2.75, 3.05) is 39.9 Å². The fraction of sp³-hybridized carbons (Fsp3) is 0.304. The molecule has 1 saturated heterocycles. The minimum atomic E-state index is -0.305. The molecule has 0 radical (unpaired) electrons. The first-order valence-electron chi connectivity index (χ1n) is 10.3. The van der Waals surface area contributed by atoms with Gasteiger partial charge >= 0.3 is 6.03 Å². The highest BCUT2D eigenvalue weighted by Gasteiger charge is 2.23. The lowest BCUT2D eigenvalue weighted by Gasteiger charge is -2.33. The van der Waals surface area contributed by atoms with Gasteiger partial charge in [-0.2, -0.15) is 4.89 Å². The number of hydrogen-bond acceptors (Lipinski definition) is 5. The summed E-state index contributed by atoms with van der Waals surface area (Å²) >= 11 is 6.54. The Bertz CT molecular complexity index is 1030. The van der Waals surface area contributed by atoms with Crippen molar-refractivity contribution in [3.63, 3.8) is 0 Å². The van der Waals surface area contributed by atoms with Crippen molar-refractivity contribution in [2.24, 2.45) is 0 Å². The predicted octanol–water partition coefficient (Wildman–Crippen LogP) is 3.30. The van der Waals surface area contributed by atoms with Gasteiger partial charge in [-0.25, -0.2) is 10.3 Å². The third kappa shape index (κ3) is 4.88. The van der Waals surface area contributed by atoms with Crippen LogP contribution in [0.15, 0.2) is 42.5 Å². The Labute approximate surface area is 191 Å². The average molecular weight is 458 g/mol. The number of hydrogen-bond donors (Lipinski definition) is 1. The van der Waals surface area contributed by atoms with Crippen molar-refractivity contribution in [3.05, 3.63) is 58.6 Å². The van der Waals surface area contributed by atoms with Gasteiger partial charge in [0, 0.05) is 54.8 Å². The van der Waals surface area contributed by atoms with E-state index in [1.165, 1.54) is 7.11 Å². The first kappa shape index (κ1) is 22.1. The zero-order chi connectivity index (χ0) is 22.5. The van der Waals surface area contributed by atoms with E-state index in [9.17, 15) is 9.59 Å². The molecule has 2 heterocycles. The van der Waals surface area contributed by atoms with E-state index in [1.54, 1.807) is 22.0 Å².